The predicted molar refractivity (Wildman–Crippen MR) is 79.4 cm³/mol. The highest BCUT2D eigenvalue weighted by Crippen LogP contribution is 2.25. The maximum atomic E-state index is 12.2. The van der Waals surface area contributed by atoms with Crippen LogP contribution in [0.4, 0.5) is 5.69 Å². The van der Waals surface area contributed by atoms with Gasteiger partial charge < -0.3 is 15.4 Å². The van der Waals surface area contributed by atoms with Crippen LogP contribution in [0.25, 0.3) is 10.9 Å². The summed E-state index contributed by atoms with van der Waals surface area (Å²) in [7, 11) is 0. The fourth-order valence-electron chi connectivity index (χ4n) is 2.01. The number of H-pyrrole nitrogens is 1. The third-order valence-electron chi connectivity index (χ3n) is 3.00. The molecule has 0 aliphatic heterocycles. The van der Waals surface area contributed by atoms with Gasteiger partial charge in [-0.25, -0.2) is 0 Å². The monoisotopic (exact) mass is 286 g/mol. The summed E-state index contributed by atoms with van der Waals surface area (Å²) in [6.07, 6.45) is 0. The van der Waals surface area contributed by atoms with Gasteiger partial charge in [0.1, 0.15) is 11.4 Å². The average Bonchev–Trinajstić information content (AvgIpc) is 2.87. The molecule has 1 amide bonds. The molecule has 1 aromatic heterocycles. The van der Waals surface area contributed by atoms with Crippen LogP contribution in [0.15, 0.2) is 48.5 Å². The van der Waals surface area contributed by atoms with Crippen LogP contribution in [0, 0.1) is 0 Å². The molecule has 0 aliphatic rings. The lowest BCUT2D eigenvalue weighted by Crippen LogP contribution is -2.12. The maximum absolute atomic E-state index is 12.2. The van der Waals surface area contributed by atoms with Crippen LogP contribution in [0.5, 0.6) is 5.75 Å². The van der Waals surface area contributed by atoms with Gasteiger partial charge in [0.2, 0.25) is 0 Å². The Kier molecular flexibility index (Phi) is 3.08. The number of aromatic amines is 1. The van der Waals surface area contributed by atoms with E-state index in [2.05, 4.69) is 10.3 Å². The summed E-state index contributed by atoms with van der Waals surface area (Å²) in [4.78, 5) is 15.1. The molecule has 0 bridgehead atoms. The Hall–Kier alpha value is -2.46. The van der Waals surface area contributed by atoms with Gasteiger partial charge in [-0.3, -0.25) is 4.79 Å². The zero-order valence-electron chi connectivity index (χ0n) is 10.4. The molecular weight excluding hydrogens is 276 g/mol. The average molecular weight is 287 g/mol. The summed E-state index contributed by atoms with van der Waals surface area (Å²) < 4.78 is 0. The van der Waals surface area contributed by atoms with Gasteiger partial charge in [0.15, 0.2) is 0 Å². The van der Waals surface area contributed by atoms with Gasteiger partial charge in [0.05, 0.1) is 16.2 Å². The number of para-hydroxylation sites is 3. The van der Waals surface area contributed by atoms with Gasteiger partial charge in [-0.05, 0) is 24.3 Å². The van der Waals surface area contributed by atoms with Crippen molar-refractivity contribution in [2.24, 2.45) is 0 Å². The van der Waals surface area contributed by atoms with Crippen LogP contribution in [-0.4, -0.2) is 16.0 Å². The summed E-state index contributed by atoms with van der Waals surface area (Å²) in [5.41, 5.74) is 1.47. The summed E-state index contributed by atoms with van der Waals surface area (Å²) >= 11 is 6.06. The number of hydrogen-bond donors (Lipinski definition) is 3. The van der Waals surface area contributed by atoms with E-state index < -0.39 is 0 Å². The molecule has 0 spiro atoms. The summed E-state index contributed by atoms with van der Waals surface area (Å²) in [5.74, 6) is -0.311. The first kappa shape index (κ1) is 12.6. The summed E-state index contributed by atoms with van der Waals surface area (Å²) in [6, 6.07) is 13.7. The quantitative estimate of drug-likeness (QED) is 0.628. The topological polar surface area (TPSA) is 65.1 Å². The van der Waals surface area contributed by atoms with Crippen LogP contribution < -0.4 is 5.32 Å². The fraction of sp³-hybridized carbons (Fsp3) is 0. The highest BCUT2D eigenvalue weighted by molar-refractivity contribution is 6.35. The second-order valence-corrected chi connectivity index (χ2v) is 4.77. The minimum Gasteiger partial charge on any atom is -0.506 e. The first-order valence-electron chi connectivity index (χ1n) is 6.02. The number of hydrogen-bond acceptors (Lipinski definition) is 2. The maximum Gasteiger partial charge on any atom is 0.272 e. The van der Waals surface area contributed by atoms with Crippen molar-refractivity contribution in [3.8, 4) is 5.75 Å². The fourth-order valence-corrected chi connectivity index (χ4v) is 2.24. The standard InChI is InChI=1S/C15H11ClN2O2/c16-10-5-3-4-9-8-12(17-14(9)10)15(20)18-11-6-1-2-7-13(11)19/h1-8,17,19H,(H,18,20). The molecule has 0 radical (unpaired) electrons. The van der Waals surface area contributed by atoms with Gasteiger partial charge >= 0.3 is 0 Å². The summed E-state index contributed by atoms with van der Waals surface area (Å²) in [6.45, 7) is 0. The van der Waals surface area contributed by atoms with E-state index in [1.54, 1.807) is 30.3 Å². The molecule has 0 atom stereocenters. The van der Waals surface area contributed by atoms with Crippen molar-refractivity contribution in [3.05, 3.63) is 59.2 Å². The number of carbonyl (C=O) groups is 1. The lowest BCUT2D eigenvalue weighted by atomic mass is 10.2. The minimum absolute atomic E-state index is 0.0231. The predicted octanol–water partition coefficient (Wildman–Crippen LogP) is 3.78. The number of fused-ring (bicyclic) bond motifs is 1. The number of halogens is 1. The van der Waals surface area contributed by atoms with Crippen LogP contribution in [0.1, 0.15) is 10.5 Å². The van der Waals surface area contributed by atoms with E-state index in [9.17, 15) is 9.90 Å². The molecule has 0 saturated heterocycles. The molecule has 4 nitrogen and oxygen atoms in total. The molecule has 2 aromatic carbocycles. The van der Waals surface area contributed by atoms with Crippen molar-refractivity contribution < 1.29 is 9.90 Å². The van der Waals surface area contributed by atoms with Crippen molar-refractivity contribution in [3.63, 3.8) is 0 Å². The number of aromatic nitrogens is 1. The zero-order valence-corrected chi connectivity index (χ0v) is 11.1. The van der Waals surface area contributed by atoms with E-state index in [1.807, 2.05) is 12.1 Å². The highest BCUT2D eigenvalue weighted by Gasteiger charge is 2.12. The zero-order chi connectivity index (χ0) is 14.1. The molecule has 0 aliphatic carbocycles. The van der Waals surface area contributed by atoms with Crippen molar-refractivity contribution in [2.75, 3.05) is 5.32 Å². The van der Waals surface area contributed by atoms with Crippen molar-refractivity contribution in [1.82, 2.24) is 4.98 Å². The Morgan fingerprint density at radius 2 is 1.95 bits per heavy atom. The van der Waals surface area contributed by atoms with Crippen molar-refractivity contribution in [2.45, 2.75) is 0 Å². The SMILES string of the molecule is O=C(Nc1ccccc1O)c1cc2cccc(Cl)c2[nH]1. The molecule has 3 rings (SSSR count). The van der Waals surface area contributed by atoms with Gasteiger partial charge in [-0.2, -0.15) is 0 Å². The normalized spacial score (nSPS) is 10.7. The number of rotatable bonds is 2. The Balaban J connectivity index is 1.93. The van der Waals surface area contributed by atoms with Crippen LogP contribution in [-0.2, 0) is 0 Å². The molecule has 5 heteroatoms. The Bertz CT molecular complexity index is 795. The van der Waals surface area contributed by atoms with Gasteiger partial charge in [0, 0.05) is 5.39 Å². The second-order valence-electron chi connectivity index (χ2n) is 4.36. The van der Waals surface area contributed by atoms with Gasteiger partial charge in [-0.15, -0.1) is 0 Å². The third-order valence-corrected chi connectivity index (χ3v) is 3.32. The number of phenolic OH excluding ortho intramolecular Hbond substituents is 1. The number of carbonyl (C=O) groups excluding carboxylic acids is 1. The number of benzene rings is 2. The van der Waals surface area contributed by atoms with Crippen molar-refractivity contribution >= 4 is 34.1 Å². The van der Waals surface area contributed by atoms with Crippen LogP contribution in [0.3, 0.4) is 0 Å². The first-order valence-corrected chi connectivity index (χ1v) is 6.39. The smallest absolute Gasteiger partial charge is 0.272 e. The number of nitrogens with one attached hydrogen (secondary N) is 2. The second kappa shape index (κ2) is 4.90. The molecule has 0 fully saturated rings. The lowest BCUT2D eigenvalue weighted by Gasteiger charge is -2.05. The lowest BCUT2D eigenvalue weighted by molar-refractivity contribution is 0.102. The molecule has 3 N–H and O–H groups in total. The first-order chi connectivity index (χ1) is 9.65. The van der Waals surface area contributed by atoms with E-state index in [1.165, 1.54) is 6.07 Å². The number of aromatic hydroxyl groups is 1. The van der Waals surface area contributed by atoms with E-state index in [0.29, 0.717) is 16.4 Å². The van der Waals surface area contributed by atoms with Crippen molar-refractivity contribution in [1.29, 1.82) is 0 Å². The van der Waals surface area contributed by atoms with Gasteiger partial charge in [-0.1, -0.05) is 35.9 Å². The highest BCUT2D eigenvalue weighted by atomic mass is 35.5. The molecule has 3 aromatic rings. The van der Waals surface area contributed by atoms with E-state index >= 15 is 0 Å². The Labute approximate surface area is 120 Å². The Morgan fingerprint density at radius 3 is 2.70 bits per heavy atom. The minimum atomic E-state index is -0.334. The van der Waals surface area contributed by atoms with Crippen LogP contribution in [0.2, 0.25) is 5.02 Å². The molecule has 0 unspecified atom stereocenters. The molecule has 0 saturated carbocycles. The largest absolute Gasteiger partial charge is 0.506 e. The van der Waals surface area contributed by atoms with E-state index in [0.717, 1.165) is 10.9 Å². The van der Waals surface area contributed by atoms with Gasteiger partial charge in [0.25, 0.3) is 5.91 Å². The molecule has 100 valence electrons. The Morgan fingerprint density at radius 1 is 1.15 bits per heavy atom. The van der Waals surface area contributed by atoms with E-state index in [4.69, 9.17) is 11.6 Å². The summed E-state index contributed by atoms with van der Waals surface area (Å²) in [5, 5.41) is 13.7. The number of anilines is 1. The number of phenols is 1. The number of amides is 1. The third kappa shape index (κ3) is 2.21. The molecular formula is C15H11ClN2O2. The van der Waals surface area contributed by atoms with Crippen LogP contribution >= 0.6 is 11.6 Å². The molecule has 20 heavy (non-hydrogen) atoms. The molecule has 1 heterocycles. The van der Waals surface area contributed by atoms with E-state index in [-0.39, 0.29) is 11.7 Å².